The van der Waals surface area contributed by atoms with Crippen LogP contribution < -0.4 is 0 Å². The number of alkyl halides is 2. The van der Waals surface area contributed by atoms with E-state index < -0.39 is 29.8 Å². The number of hydrogen-bond donors (Lipinski definition) is 1. The van der Waals surface area contributed by atoms with Gasteiger partial charge in [0.1, 0.15) is 0 Å². The topological polar surface area (TPSA) is 49.8 Å². The minimum absolute atomic E-state index is 0.0900. The number of nitrogens with zero attached hydrogens (tertiary/aromatic N) is 1. The Labute approximate surface area is 121 Å². The molecule has 0 aliphatic carbocycles. The SMILES string of the molecule is O=C(O)C12COCC(CN(Cc3ccccc3)C1)C2(F)F. The summed E-state index contributed by atoms with van der Waals surface area (Å²) in [4.78, 5) is 13.3. The highest BCUT2D eigenvalue weighted by atomic mass is 19.3. The Kier molecular flexibility index (Phi) is 3.45. The van der Waals surface area contributed by atoms with E-state index in [-0.39, 0.29) is 19.7 Å². The maximum Gasteiger partial charge on any atom is 0.319 e. The highest BCUT2D eigenvalue weighted by Gasteiger charge is 2.68. The molecule has 2 unspecified atom stereocenters. The number of hydrogen-bond acceptors (Lipinski definition) is 3. The van der Waals surface area contributed by atoms with Gasteiger partial charge in [0.2, 0.25) is 0 Å². The van der Waals surface area contributed by atoms with E-state index in [4.69, 9.17) is 4.74 Å². The van der Waals surface area contributed by atoms with Gasteiger partial charge in [0.05, 0.1) is 19.1 Å². The van der Waals surface area contributed by atoms with Crippen LogP contribution in [0.4, 0.5) is 8.78 Å². The van der Waals surface area contributed by atoms with Crippen molar-refractivity contribution in [1.29, 1.82) is 0 Å². The Morgan fingerprint density at radius 1 is 1.38 bits per heavy atom. The van der Waals surface area contributed by atoms with Gasteiger partial charge in [-0.05, 0) is 5.56 Å². The standard InChI is InChI=1S/C15H17F2NO3/c16-15(17)12-7-18(6-11-4-2-1-3-5-11)9-14(15,13(19)20)10-21-8-12/h1-5,12H,6-10H2,(H,19,20). The summed E-state index contributed by atoms with van der Waals surface area (Å²) in [5.74, 6) is -5.78. The number of halogens is 2. The van der Waals surface area contributed by atoms with Crippen LogP contribution in [0.5, 0.6) is 0 Å². The van der Waals surface area contributed by atoms with Gasteiger partial charge in [0, 0.05) is 19.6 Å². The van der Waals surface area contributed by atoms with E-state index in [0.29, 0.717) is 6.54 Å². The lowest BCUT2D eigenvalue weighted by Crippen LogP contribution is -2.69. The summed E-state index contributed by atoms with van der Waals surface area (Å²) in [5, 5.41) is 9.37. The van der Waals surface area contributed by atoms with E-state index in [0.717, 1.165) is 5.56 Å². The molecule has 2 aliphatic rings. The average Bonchev–Trinajstić information content (AvgIpc) is 2.40. The first-order chi connectivity index (χ1) is 9.96. The molecular formula is C15H17F2NO3. The van der Waals surface area contributed by atoms with E-state index in [1.807, 2.05) is 30.3 Å². The van der Waals surface area contributed by atoms with Crippen molar-refractivity contribution in [2.75, 3.05) is 26.3 Å². The van der Waals surface area contributed by atoms with Gasteiger partial charge >= 0.3 is 5.97 Å². The minimum atomic E-state index is -3.23. The molecule has 4 nitrogen and oxygen atoms in total. The number of ether oxygens (including phenoxy) is 1. The Balaban J connectivity index is 1.86. The number of piperidine rings is 1. The van der Waals surface area contributed by atoms with Gasteiger partial charge in [-0.25, -0.2) is 8.78 Å². The highest BCUT2D eigenvalue weighted by molar-refractivity contribution is 5.77. The van der Waals surface area contributed by atoms with Crippen molar-refractivity contribution in [1.82, 2.24) is 4.90 Å². The van der Waals surface area contributed by atoms with Crippen LogP contribution in [-0.2, 0) is 16.1 Å². The van der Waals surface area contributed by atoms with Gasteiger partial charge in [-0.2, -0.15) is 0 Å². The molecule has 114 valence electrons. The molecule has 2 bridgehead atoms. The van der Waals surface area contributed by atoms with Gasteiger partial charge in [0.25, 0.3) is 5.92 Å². The number of carbonyl (C=O) groups is 1. The largest absolute Gasteiger partial charge is 0.481 e. The molecule has 0 spiro atoms. The van der Waals surface area contributed by atoms with E-state index >= 15 is 0 Å². The molecule has 2 aliphatic heterocycles. The molecule has 0 saturated carbocycles. The van der Waals surface area contributed by atoms with Crippen molar-refractivity contribution in [2.24, 2.45) is 11.3 Å². The van der Waals surface area contributed by atoms with Gasteiger partial charge in [0.15, 0.2) is 5.41 Å². The van der Waals surface area contributed by atoms with Gasteiger partial charge in [-0.1, -0.05) is 30.3 Å². The first-order valence-corrected chi connectivity index (χ1v) is 6.91. The van der Waals surface area contributed by atoms with E-state index in [2.05, 4.69) is 0 Å². The summed E-state index contributed by atoms with van der Waals surface area (Å²) in [6.07, 6.45) is 0. The zero-order valence-corrected chi connectivity index (χ0v) is 11.5. The number of benzene rings is 1. The number of carboxylic acid groups (broad SMARTS) is 1. The maximum atomic E-state index is 14.4. The third kappa shape index (κ3) is 2.22. The second-order valence-electron chi connectivity index (χ2n) is 5.88. The molecule has 2 fully saturated rings. The zero-order chi connectivity index (χ0) is 15.1. The smallest absolute Gasteiger partial charge is 0.319 e. The number of carboxylic acids is 1. The third-order valence-corrected chi connectivity index (χ3v) is 4.45. The third-order valence-electron chi connectivity index (χ3n) is 4.45. The van der Waals surface area contributed by atoms with E-state index in [9.17, 15) is 18.7 Å². The van der Waals surface area contributed by atoms with Crippen molar-refractivity contribution in [3.8, 4) is 0 Å². The lowest BCUT2D eigenvalue weighted by Gasteiger charge is -2.52. The quantitative estimate of drug-likeness (QED) is 0.925. The van der Waals surface area contributed by atoms with Crippen LogP contribution in [-0.4, -0.2) is 48.2 Å². The van der Waals surface area contributed by atoms with Gasteiger partial charge < -0.3 is 9.84 Å². The summed E-state index contributed by atoms with van der Waals surface area (Å²) >= 11 is 0. The van der Waals surface area contributed by atoms with Crippen LogP contribution in [0.3, 0.4) is 0 Å². The Bertz CT molecular complexity index is 537. The summed E-state index contributed by atoms with van der Waals surface area (Å²) in [5.41, 5.74) is -1.15. The van der Waals surface area contributed by atoms with Crippen molar-refractivity contribution >= 4 is 5.97 Å². The van der Waals surface area contributed by atoms with E-state index in [1.165, 1.54) is 0 Å². The summed E-state index contributed by atoms with van der Waals surface area (Å²) < 4.78 is 34.0. The first-order valence-electron chi connectivity index (χ1n) is 6.91. The lowest BCUT2D eigenvalue weighted by molar-refractivity contribution is -0.267. The van der Waals surface area contributed by atoms with Crippen LogP contribution in [0, 0.1) is 11.3 Å². The van der Waals surface area contributed by atoms with Crippen LogP contribution in [0.15, 0.2) is 30.3 Å². The molecule has 21 heavy (non-hydrogen) atoms. The monoisotopic (exact) mass is 297 g/mol. The van der Waals surface area contributed by atoms with Crippen LogP contribution in [0.1, 0.15) is 5.56 Å². The average molecular weight is 297 g/mol. The number of likely N-dealkylation sites (tertiary alicyclic amines) is 1. The van der Waals surface area contributed by atoms with Crippen molar-refractivity contribution in [3.05, 3.63) is 35.9 Å². The Morgan fingerprint density at radius 2 is 2.10 bits per heavy atom. The minimum Gasteiger partial charge on any atom is -0.481 e. The van der Waals surface area contributed by atoms with Crippen molar-refractivity contribution < 1.29 is 23.4 Å². The van der Waals surface area contributed by atoms with Crippen LogP contribution in [0.25, 0.3) is 0 Å². The molecule has 2 saturated heterocycles. The molecule has 3 rings (SSSR count). The fourth-order valence-electron chi connectivity index (χ4n) is 3.28. The number of rotatable bonds is 3. The fourth-order valence-corrected chi connectivity index (χ4v) is 3.28. The molecule has 1 aromatic carbocycles. The Hall–Kier alpha value is -1.53. The summed E-state index contributed by atoms with van der Waals surface area (Å²) in [6.45, 7) is -0.0927. The molecule has 2 heterocycles. The maximum absolute atomic E-state index is 14.4. The second-order valence-corrected chi connectivity index (χ2v) is 5.88. The predicted octanol–water partition coefficient (Wildman–Crippen LogP) is 1.85. The van der Waals surface area contributed by atoms with Crippen molar-refractivity contribution in [3.63, 3.8) is 0 Å². The van der Waals surface area contributed by atoms with Gasteiger partial charge in [-0.3, -0.25) is 9.69 Å². The molecule has 6 heteroatoms. The molecule has 2 atom stereocenters. The number of aliphatic carboxylic acids is 1. The van der Waals surface area contributed by atoms with Crippen LogP contribution >= 0.6 is 0 Å². The molecule has 0 aromatic heterocycles. The lowest BCUT2D eigenvalue weighted by atomic mass is 9.70. The first kappa shape index (κ1) is 14.4. The molecule has 1 aromatic rings. The fraction of sp³-hybridized carbons (Fsp3) is 0.533. The summed E-state index contributed by atoms with van der Waals surface area (Å²) in [6, 6.07) is 9.46. The highest BCUT2D eigenvalue weighted by Crippen LogP contribution is 2.50. The zero-order valence-electron chi connectivity index (χ0n) is 11.5. The van der Waals surface area contributed by atoms with Gasteiger partial charge in [-0.15, -0.1) is 0 Å². The molecule has 0 radical (unpaired) electrons. The second kappa shape index (κ2) is 5.03. The van der Waals surface area contributed by atoms with Crippen molar-refractivity contribution in [2.45, 2.75) is 12.5 Å². The number of fused-ring (bicyclic) bond motifs is 2. The predicted molar refractivity (Wildman–Crippen MR) is 71.0 cm³/mol. The molecule has 1 N–H and O–H groups in total. The Morgan fingerprint density at radius 3 is 2.76 bits per heavy atom. The molecular weight excluding hydrogens is 280 g/mol. The summed E-state index contributed by atoms with van der Waals surface area (Å²) in [7, 11) is 0. The molecule has 0 amide bonds. The van der Waals surface area contributed by atoms with Crippen LogP contribution in [0.2, 0.25) is 0 Å². The normalized spacial score (nSPS) is 31.8. The van der Waals surface area contributed by atoms with E-state index in [1.54, 1.807) is 4.90 Å².